The van der Waals surface area contributed by atoms with Gasteiger partial charge in [-0.05, 0) is 24.3 Å². The van der Waals surface area contributed by atoms with Crippen LogP contribution in [0, 0.1) is 5.82 Å². The number of halogens is 1. The lowest BCUT2D eigenvalue weighted by molar-refractivity contribution is -0.0242. The highest BCUT2D eigenvalue weighted by Gasteiger charge is 2.28. The third-order valence-electron chi connectivity index (χ3n) is 4.48. The molecule has 0 N–H and O–H groups in total. The topological polar surface area (TPSA) is 42.4 Å². The van der Waals surface area contributed by atoms with Crippen molar-refractivity contribution in [3.63, 3.8) is 0 Å². The normalized spacial score (nSPS) is 17.6. The molecule has 1 atom stereocenters. The van der Waals surface area contributed by atoms with Crippen molar-refractivity contribution in [3.05, 3.63) is 77.7 Å². The van der Waals surface area contributed by atoms with Crippen LogP contribution in [0.5, 0.6) is 0 Å². The molecule has 0 radical (unpaired) electrons. The third-order valence-corrected chi connectivity index (χ3v) is 4.48. The fourth-order valence-electron chi connectivity index (χ4n) is 3.22. The van der Waals surface area contributed by atoms with Gasteiger partial charge in [-0.15, -0.1) is 0 Å². The van der Waals surface area contributed by atoms with Crippen LogP contribution in [-0.2, 0) is 4.74 Å². The third kappa shape index (κ3) is 2.98. The molecule has 0 unspecified atom stereocenters. The second kappa shape index (κ2) is 6.61. The van der Waals surface area contributed by atoms with Gasteiger partial charge >= 0.3 is 0 Å². The van der Waals surface area contributed by atoms with Crippen LogP contribution in [0.1, 0.15) is 22.0 Å². The van der Waals surface area contributed by atoms with Gasteiger partial charge in [-0.2, -0.15) is 0 Å². The first-order valence-electron chi connectivity index (χ1n) is 8.23. The highest BCUT2D eigenvalue weighted by Crippen LogP contribution is 2.26. The molecule has 0 saturated carbocycles. The number of hydrogen-bond acceptors (Lipinski definition) is 3. The molecule has 25 heavy (non-hydrogen) atoms. The van der Waals surface area contributed by atoms with Crippen molar-refractivity contribution in [1.82, 2.24) is 9.88 Å². The largest absolute Gasteiger partial charge is 0.370 e. The number of carbonyl (C=O) groups excluding carboxylic acids is 1. The minimum Gasteiger partial charge on any atom is -0.370 e. The van der Waals surface area contributed by atoms with E-state index >= 15 is 0 Å². The molecule has 1 aliphatic rings. The number of pyridine rings is 1. The second-order valence-corrected chi connectivity index (χ2v) is 6.01. The summed E-state index contributed by atoms with van der Waals surface area (Å²) >= 11 is 0. The van der Waals surface area contributed by atoms with E-state index in [9.17, 15) is 9.18 Å². The number of carbonyl (C=O) groups is 1. The predicted octanol–water partition coefficient (Wildman–Crippen LogP) is 3.59. The van der Waals surface area contributed by atoms with Gasteiger partial charge in [0, 0.05) is 29.3 Å². The van der Waals surface area contributed by atoms with E-state index in [-0.39, 0.29) is 11.7 Å². The first-order valence-corrected chi connectivity index (χ1v) is 8.23. The second-order valence-electron chi connectivity index (χ2n) is 6.01. The molecule has 3 aromatic rings. The standard InChI is InChI=1S/C20H17FN2O2/c21-17-8-2-1-5-16(17)19-13-23(11-12-25-19)20(24)15-6-3-9-18-14(15)7-4-10-22-18/h1-10,19H,11-13H2/t19-/m1/s1. The molecule has 0 aliphatic carbocycles. The molecule has 126 valence electrons. The highest BCUT2D eigenvalue weighted by atomic mass is 19.1. The summed E-state index contributed by atoms with van der Waals surface area (Å²) in [6.45, 7) is 1.20. The van der Waals surface area contributed by atoms with Crippen molar-refractivity contribution in [2.75, 3.05) is 19.7 Å². The van der Waals surface area contributed by atoms with E-state index in [4.69, 9.17) is 4.74 Å². The fraction of sp³-hybridized carbons (Fsp3) is 0.200. The van der Waals surface area contributed by atoms with Crippen LogP contribution in [0.3, 0.4) is 0 Å². The fourth-order valence-corrected chi connectivity index (χ4v) is 3.22. The molecule has 0 spiro atoms. The highest BCUT2D eigenvalue weighted by molar-refractivity contribution is 6.06. The minimum atomic E-state index is -0.452. The summed E-state index contributed by atoms with van der Waals surface area (Å²) in [4.78, 5) is 19.0. The van der Waals surface area contributed by atoms with E-state index in [2.05, 4.69) is 4.98 Å². The SMILES string of the molecule is O=C(c1cccc2ncccc12)N1CCO[C@@H](c2ccccc2F)C1. The van der Waals surface area contributed by atoms with Crippen LogP contribution < -0.4 is 0 Å². The Morgan fingerprint density at radius 1 is 1.12 bits per heavy atom. The van der Waals surface area contributed by atoms with Crippen LogP contribution in [0.4, 0.5) is 4.39 Å². The van der Waals surface area contributed by atoms with Crippen molar-refractivity contribution in [2.24, 2.45) is 0 Å². The first-order chi connectivity index (χ1) is 12.2. The summed E-state index contributed by atoms with van der Waals surface area (Å²) in [5.41, 5.74) is 1.88. The molecular formula is C20H17FN2O2. The number of rotatable bonds is 2. The molecule has 1 saturated heterocycles. The Bertz CT molecular complexity index is 923. The Kier molecular flexibility index (Phi) is 4.15. The lowest BCUT2D eigenvalue weighted by Crippen LogP contribution is -2.42. The summed E-state index contributed by atoms with van der Waals surface area (Å²) in [5, 5.41) is 0.823. The van der Waals surface area contributed by atoms with E-state index in [1.54, 1.807) is 35.4 Å². The van der Waals surface area contributed by atoms with Crippen molar-refractivity contribution in [3.8, 4) is 0 Å². The smallest absolute Gasteiger partial charge is 0.254 e. The number of nitrogens with zero attached hydrogens (tertiary/aromatic N) is 2. The van der Waals surface area contributed by atoms with Gasteiger partial charge in [-0.3, -0.25) is 9.78 Å². The average Bonchev–Trinajstić information content (AvgIpc) is 2.67. The summed E-state index contributed by atoms with van der Waals surface area (Å²) < 4.78 is 19.7. The van der Waals surface area contributed by atoms with Gasteiger partial charge in [-0.25, -0.2) is 4.39 Å². The quantitative estimate of drug-likeness (QED) is 0.718. The summed E-state index contributed by atoms with van der Waals surface area (Å²) in [6, 6.07) is 15.8. The number of morpholine rings is 1. The Hall–Kier alpha value is -2.79. The molecule has 1 aromatic heterocycles. The van der Waals surface area contributed by atoms with Crippen molar-refractivity contribution < 1.29 is 13.9 Å². The number of ether oxygens (including phenoxy) is 1. The van der Waals surface area contributed by atoms with Crippen LogP contribution in [-0.4, -0.2) is 35.5 Å². The number of benzene rings is 2. The Morgan fingerprint density at radius 2 is 2.00 bits per heavy atom. The molecule has 1 amide bonds. The Balaban J connectivity index is 1.63. The lowest BCUT2D eigenvalue weighted by atomic mass is 10.0. The number of aromatic nitrogens is 1. The molecule has 4 rings (SSSR count). The van der Waals surface area contributed by atoms with Gasteiger partial charge in [-0.1, -0.05) is 30.3 Å². The van der Waals surface area contributed by atoms with Crippen LogP contribution in [0.25, 0.3) is 10.9 Å². The molecule has 1 fully saturated rings. The average molecular weight is 336 g/mol. The molecule has 2 aromatic carbocycles. The zero-order valence-electron chi connectivity index (χ0n) is 13.6. The zero-order valence-corrected chi connectivity index (χ0v) is 13.6. The first kappa shape index (κ1) is 15.7. The minimum absolute atomic E-state index is 0.0803. The van der Waals surface area contributed by atoms with Gasteiger partial charge in [0.15, 0.2) is 0 Å². The lowest BCUT2D eigenvalue weighted by Gasteiger charge is -2.33. The van der Waals surface area contributed by atoms with Gasteiger partial charge in [0.2, 0.25) is 0 Å². The van der Waals surface area contributed by atoms with Crippen molar-refractivity contribution in [2.45, 2.75) is 6.10 Å². The predicted molar refractivity (Wildman–Crippen MR) is 92.7 cm³/mol. The monoisotopic (exact) mass is 336 g/mol. The molecule has 0 bridgehead atoms. The van der Waals surface area contributed by atoms with Crippen LogP contribution >= 0.6 is 0 Å². The van der Waals surface area contributed by atoms with E-state index in [1.165, 1.54) is 6.07 Å². The van der Waals surface area contributed by atoms with Gasteiger partial charge in [0.25, 0.3) is 5.91 Å². The number of amides is 1. The summed E-state index contributed by atoms with van der Waals surface area (Å²) in [7, 11) is 0. The van der Waals surface area contributed by atoms with Crippen LogP contribution in [0.2, 0.25) is 0 Å². The van der Waals surface area contributed by atoms with E-state index < -0.39 is 6.10 Å². The van der Waals surface area contributed by atoms with E-state index in [0.29, 0.717) is 30.8 Å². The number of hydrogen-bond donors (Lipinski definition) is 0. The zero-order chi connectivity index (χ0) is 17.2. The molecule has 1 aliphatic heterocycles. The summed E-state index contributed by atoms with van der Waals surface area (Å²) in [6.07, 6.45) is 1.26. The Morgan fingerprint density at radius 3 is 2.88 bits per heavy atom. The molecule has 2 heterocycles. The number of fused-ring (bicyclic) bond motifs is 1. The maximum absolute atomic E-state index is 14.0. The van der Waals surface area contributed by atoms with E-state index in [1.807, 2.05) is 24.3 Å². The molecular weight excluding hydrogens is 319 g/mol. The molecule has 4 nitrogen and oxygen atoms in total. The van der Waals surface area contributed by atoms with Gasteiger partial charge in [0.05, 0.1) is 18.7 Å². The van der Waals surface area contributed by atoms with Gasteiger partial charge < -0.3 is 9.64 Å². The van der Waals surface area contributed by atoms with Crippen molar-refractivity contribution >= 4 is 16.8 Å². The van der Waals surface area contributed by atoms with Crippen LogP contribution in [0.15, 0.2) is 60.8 Å². The molecule has 5 heteroatoms. The van der Waals surface area contributed by atoms with Gasteiger partial charge in [0.1, 0.15) is 11.9 Å². The van der Waals surface area contributed by atoms with Crippen molar-refractivity contribution in [1.29, 1.82) is 0 Å². The summed E-state index contributed by atoms with van der Waals surface area (Å²) in [5.74, 6) is -0.389. The maximum Gasteiger partial charge on any atom is 0.254 e. The maximum atomic E-state index is 14.0. The Labute approximate surface area is 144 Å². The van der Waals surface area contributed by atoms with E-state index in [0.717, 1.165) is 10.9 Å².